The number of amides is 2. The van der Waals surface area contributed by atoms with Gasteiger partial charge in [0.05, 0.1) is 4.92 Å². The molecule has 32 heavy (non-hydrogen) atoms. The molecule has 2 aromatic carbocycles. The Balaban J connectivity index is 1.72. The highest BCUT2D eigenvalue weighted by Gasteiger charge is 2.42. The summed E-state index contributed by atoms with van der Waals surface area (Å²) in [7, 11) is 0. The van der Waals surface area contributed by atoms with Gasteiger partial charge in [-0.1, -0.05) is 0 Å². The van der Waals surface area contributed by atoms with Crippen molar-refractivity contribution in [2.45, 2.75) is 25.2 Å². The van der Waals surface area contributed by atoms with Crippen LogP contribution in [-0.2, 0) is 4.79 Å². The van der Waals surface area contributed by atoms with E-state index >= 15 is 0 Å². The molecule has 8 nitrogen and oxygen atoms in total. The molecule has 0 aromatic heterocycles. The van der Waals surface area contributed by atoms with Gasteiger partial charge in [-0.25, -0.2) is 8.78 Å². The second-order valence-electron chi connectivity index (χ2n) is 6.94. The van der Waals surface area contributed by atoms with Crippen LogP contribution in [-0.4, -0.2) is 42.2 Å². The molecule has 0 atom stereocenters. The summed E-state index contributed by atoms with van der Waals surface area (Å²) in [4.78, 5) is 36.1. The SMILES string of the molecule is O=C(Nc1ccc(N2CCCC2=O)cc1)c1ccc(OCC(F)(F)C(F)F)c([N+](=O)[O-])c1. The first kappa shape index (κ1) is 23.0. The first-order valence-electron chi connectivity index (χ1n) is 9.37. The van der Waals surface area contributed by atoms with Gasteiger partial charge in [-0.3, -0.25) is 19.7 Å². The van der Waals surface area contributed by atoms with Crippen molar-refractivity contribution in [3.63, 3.8) is 0 Å². The number of carbonyl (C=O) groups is 2. The number of ether oxygens (including phenoxy) is 1. The number of nitrogens with one attached hydrogen (secondary N) is 1. The summed E-state index contributed by atoms with van der Waals surface area (Å²) in [5.41, 5.74) is 0.0160. The Hall–Kier alpha value is -3.70. The van der Waals surface area contributed by atoms with Crippen LogP contribution in [0, 0.1) is 10.1 Å². The van der Waals surface area contributed by atoms with E-state index in [9.17, 15) is 37.3 Å². The van der Waals surface area contributed by atoms with Crippen LogP contribution in [0.2, 0.25) is 0 Å². The monoisotopic (exact) mass is 455 g/mol. The summed E-state index contributed by atoms with van der Waals surface area (Å²) in [6.45, 7) is -1.16. The number of nitro groups is 1. The van der Waals surface area contributed by atoms with Crippen LogP contribution in [0.3, 0.4) is 0 Å². The summed E-state index contributed by atoms with van der Waals surface area (Å²) >= 11 is 0. The fraction of sp³-hybridized carbons (Fsp3) is 0.300. The van der Waals surface area contributed by atoms with Crippen molar-refractivity contribution in [1.82, 2.24) is 0 Å². The molecular formula is C20H17F4N3O5. The maximum Gasteiger partial charge on any atom is 0.340 e. The van der Waals surface area contributed by atoms with Crippen molar-refractivity contribution in [3.05, 3.63) is 58.1 Å². The summed E-state index contributed by atoms with van der Waals surface area (Å²) < 4.78 is 55.1. The van der Waals surface area contributed by atoms with Crippen LogP contribution < -0.4 is 15.0 Å². The molecule has 0 unspecified atom stereocenters. The average molecular weight is 455 g/mol. The number of anilines is 2. The third-order valence-electron chi connectivity index (χ3n) is 4.67. The van der Waals surface area contributed by atoms with E-state index in [0.717, 1.165) is 24.6 Å². The molecular weight excluding hydrogens is 438 g/mol. The zero-order valence-corrected chi connectivity index (χ0v) is 16.4. The predicted octanol–water partition coefficient (Wildman–Crippen LogP) is 4.25. The van der Waals surface area contributed by atoms with Crippen LogP contribution in [0.15, 0.2) is 42.5 Å². The third kappa shape index (κ3) is 5.13. The number of carbonyl (C=O) groups excluding carboxylic acids is 2. The van der Waals surface area contributed by atoms with E-state index in [4.69, 9.17) is 0 Å². The van der Waals surface area contributed by atoms with Gasteiger partial charge in [0, 0.05) is 36.0 Å². The van der Waals surface area contributed by atoms with Gasteiger partial charge in [0.25, 0.3) is 5.91 Å². The lowest BCUT2D eigenvalue weighted by atomic mass is 10.1. The summed E-state index contributed by atoms with van der Waals surface area (Å²) in [6, 6.07) is 9.14. The Labute approximate surface area is 178 Å². The number of halogens is 4. The summed E-state index contributed by atoms with van der Waals surface area (Å²) in [5.74, 6) is -5.90. The van der Waals surface area contributed by atoms with E-state index in [0.29, 0.717) is 24.3 Å². The molecule has 1 aliphatic rings. The van der Waals surface area contributed by atoms with Crippen molar-refractivity contribution < 1.29 is 36.8 Å². The third-order valence-corrected chi connectivity index (χ3v) is 4.67. The highest BCUT2D eigenvalue weighted by atomic mass is 19.3. The van der Waals surface area contributed by atoms with Gasteiger partial charge in [0.1, 0.15) is 0 Å². The number of hydrogen-bond donors (Lipinski definition) is 1. The van der Waals surface area contributed by atoms with Crippen LogP contribution in [0.4, 0.5) is 34.6 Å². The van der Waals surface area contributed by atoms with Gasteiger partial charge in [-0.05, 0) is 42.8 Å². The second kappa shape index (κ2) is 9.20. The molecule has 0 aliphatic carbocycles. The van der Waals surface area contributed by atoms with Gasteiger partial charge >= 0.3 is 18.0 Å². The maximum atomic E-state index is 13.0. The van der Waals surface area contributed by atoms with E-state index in [1.807, 2.05) is 0 Å². The Kier molecular flexibility index (Phi) is 6.61. The molecule has 1 saturated heterocycles. The molecule has 0 saturated carbocycles. The molecule has 1 aliphatic heterocycles. The van der Waals surface area contributed by atoms with Crippen LogP contribution in [0.25, 0.3) is 0 Å². The van der Waals surface area contributed by atoms with Gasteiger partial charge in [0.15, 0.2) is 12.4 Å². The van der Waals surface area contributed by atoms with Gasteiger partial charge in [-0.2, -0.15) is 8.78 Å². The topological polar surface area (TPSA) is 102 Å². The van der Waals surface area contributed by atoms with Crippen molar-refractivity contribution in [2.24, 2.45) is 0 Å². The minimum absolute atomic E-state index is 0.00251. The molecule has 12 heteroatoms. The fourth-order valence-corrected chi connectivity index (χ4v) is 3.01. The van der Waals surface area contributed by atoms with Crippen molar-refractivity contribution in [1.29, 1.82) is 0 Å². The van der Waals surface area contributed by atoms with E-state index in [-0.39, 0.29) is 11.5 Å². The fourth-order valence-electron chi connectivity index (χ4n) is 3.01. The highest BCUT2D eigenvalue weighted by Crippen LogP contribution is 2.31. The normalized spacial score (nSPS) is 14.0. The molecule has 1 fully saturated rings. The largest absolute Gasteiger partial charge is 0.480 e. The second-order valence-corrected chi connectivity index (χ2v) is 6.94. The molecule has 0 bridgehead atoms. The molecule has 1 N–H and O–H groups in total. The molecule has 0 radical (unpaired) electrons. The van der Waals surface area contributed by atoms with Crippen LogP contribution in [0.5, 0.6) is 5.75 Å². The molecule has 1 heterocycles. The minimum Gasteiger partial charge on any atom is -0.480 e. The molecule has 3 rings (SSSR count). The van der Waals surface area contributed by atoms with E-state index in [1.54, 1.807) is 29.2 Å². The lowest BCUT2D eigenvalue weighted by molar-refractivity contribution is -0.386. The average Bonchev–Trinajstić information content (AvgIpc) is 3.18. The van der Waals surface area contributed by atoms with E-state index in [2.05, 4.69) is 10.1 Å². The van der Waals surface area contributed by atoms with Crippen LogP contribution >= 0.6 is 0 Å². The number of nitro benzene ring substituents is 1. The Morgan fingerprint density at radius 3 is 2.47 bits per heavy atom. The van der Waals surface area contributed by atoms with Crippen LogP contribution in [0.1, 0.15) is 23.2 Å². The number of benzene rings is 2. The van der Waals surface area contributed by atoms with Gasteiger partial charge in [-0.15, -0.1) is 0 Å². The van der Waals surface area contributed by atoms with Gasteiger partial charge in [0.2, 0.25) is 5.91 Å². The molecule has 170 valence electrons. The smallest absolute Gasteiger partial charge is 0.340 e. The van der Waals surface area contributed by atoms with E-state index < -0.39 is 41.2 Å². The van der Waals surface area contributed by atoms with E-state index in [1.165, 1.54) is 0 Å². The Morgan fingerprint density at radius 2 is 1.91 bits per heavy atom. The zero-order valence-electron chi connectivity index (χ0n) is 16.4. The standard InChI is InChI=1S/C20H17F4N3O5/c21-19(22)20(23,24)11-32-16-8-3-12(10-15(16)27(30)31)18(29)25-13-4-6-14(7-5-13)26-9-1-2-17(26)28/h3-8,10,19H,1-2,9,11H2,(H,25,29). The Bertz CT molecular complexity index is 1030. The number of hydrogen-bond acceptors (Lipinski definition) is 5. The maximum absolute atomic E-state index is 13.0. The number of nitrogens with zero attached hydrogens (tertiary/aromatic N) is 2. The molecule has 2 amide bonds. The first-order chi connectivity index (χ1) is 15.1. The van der Waals surface area contributed by atoms with Crippen molar-refractivity contribution >= 4 is 28.9 Å². The predicted molar refractivity (Wildman–Crippen MR) is 106 cm³/mol. The quantitative estimate of drug-likeness (QED) is 0.364. The lowest BCUT2D eigenvalue weighted by Crippen LogP contribution is -2.33. The van der Waals surface area contributed by atoms with Crippen molar-refractivity contribution in [3.8, 4) is 5.75 Å². The van der Waals surface area contributed by atoms with Gasteiger partial charge < -0.3 is 15.0 Å². The summed E-state index contributed by atoms with van der Waals surface area (Å²) in [5, 5.41) is 13.7. The minimum atomic E-state index is -4.49. The lowest BCUT2D eigenvalue weighted by Gasteiger charge is -2.16. The summed E-state index contributed by atoms with van der Waals surface area (Å²) in [6.07, 6.45) is -2.77. The zero-order chi connectivity index (χ0) is 23.5. The number of rotatable bonds is 8. The Morgan fingerprint density at radius 1 is 1.22 bits per heavy atom. The number of alkyl halides is 4. The van der Waals surface area contributed by atoms with Crippen molar-refractivity contribution in [2.75, 3.05) is 23.4 Å². The highest BCUT2D eigenvalue weighted by molar-refractivity contribution is 6.05. The molecule has 2 aromatic rings. The first-order valence-corrected chi connectivity index (χ1v) is 9.37. The molecule has 0 spiro atoms.